The maximum Gasteiger partial charge on any atom is 0.252 e. The summed E-state index contributed by atoms with van der Waals surface area (Å²) in [6.45, 7) is 0.694. The minimum absolute atomic E-state index is 0.0947. The molecule has 0 spiro atoms. The molecule has 0 bridgehead atoms. The van der Waals surface area contributed by atoms with Crippen LogP contribution in [0.3, 0.4) is 0 Å². The second kappa shape index (κ2) is 7.05. The predicted molar refractivity (Wildman–Crippen MR) is 86.8 cm³/mol. The average molecular weight is 405 g/mol. The van der Waals surface area contributed by atoms with E-state index >= 15 is 0 Å². The van der Waals surface area contributed by atoms with Crippen LogP contribution >= 0.6 is 31.9 Å². The van der Waals surface area contributed by atoms with E-state index in [0.717, 1.165) is 34.6 Å². The highest BCUT2D eigenvalue weighted by atomic mass is 79.9. The highest BCUT2D eigenvalue weighted by molar-refractivity contribution is 9.11. The minimum Gasteiger partial charge on any atom is -0.396 e. The Kier molecular flexibility index (Phi) is 5.64. The molecule has 1 aliphatic rings. The van der Waals surface area contributed by atoms with Gasteiger partial charge in [-0.2, -0.15) is 0 Å². The molecule has 1 amide bonds. The average Bonchev–Trinajstić information content (AvgIpc) is 2.46. The number of halogens is 2. The zero-order valence-corrected chi connectivity index (χ0v) is 14.5. The molecule has 5 heteroatoms. The van der Waals surface area contributed by atoms with Crippen LogP contribution in [0.4, 0.5) is 0 Å². The number of hydrogen-bond acceptors (Lipinski definition) is 2. The normalized spacial score (nSPS) is 17.8. The van der Waals surface area contributed by atoms with Crippen LogP contribution in [0.2, 0.25) is 0 Å². The van der Waals surface area contributed by atoms with Gasteiger partial charge in [0, 0.05) is 20.9 Å². The highest BCUT2D eigenvalue weighted by Crippen LogP contribution is 2.35. The van der Waals surface area contributed by atoms with E-state index in [1.54, 1.807) is 6.07 Å². The van der Waals surface area contributed by atoms with Crippen LogP contribution in [-0.2, 0) is 0 Å². The number of hydrogen-bond donors (Lipinski definition) is 2. The molecule has 0 heterocycles. The zero-order valence-electron chi connectivity index (χ0n) is 11.3. The first-order chi connectivity index (χ1) is 9.56. The van der Waals surface area contributed by atoms with Gasteiger partial charge in [0.2, 0.25) is 0 Å². The lowest BCUT2D eigenvalue weighted by Crippen LogP contribution is -2.41. The fourth-order valence-corrected chi connectivity index (χ4v) is 3.96. The first-order valence-corrected chi connectivity index (χ1v) is 8.49. The molecule has 1 aromatic carbocycles. The lowest BCUT2D eigenvalue weighted by atomic mass is 9.74. The van der Waals surface area contributed by atoms with Gasteiger partial charge in [-0.15, -0.1) is 0 Å². The van der Waals surface area contributed by atoms with Gasteiger partial charge < -0.3 is 10.4 Å². The summed E-state index contributed by atoms with van der Waals surface area (Å²) in [6, 6.07) is 5.50. The standard InChI is InChI=1S/C15H19Br2NO2/c16-11-4-5-12(13(17)8-11)14(20)18-9-15(10-19)6-2-1-3-7-15/h4-5,8,19H,1-3,6-7,9-10H2,(H,18,20). The van der Waals surface area contributed by atoms with Gasteiger partial charge >= 0.3 is 0 Å². The van der Waals surface area contributed by atoms with Crippen LogP contribution in [-0.4, -0.2) is 24.2 Å². The maximum absolute atomic E-state index is 12.2. The molecular weight excluding hydrogens is 386 g/mol. The van der Waals surface area contributed by atoms with E-state index in [1.165, 1.54) is 6.42 Å². The van der Waals surface area contributed by atoms with Crippen molar-refractivity contribution in [2.75, 3.05) is 13.2 Å². The van der Waals surface area contributed by atoms with Crippen LogP contribution < -0.4 is 5.32 Å². The smallest absolute Gasteiger partial charge is 0.252 e. The third kappa shape index (κ3) is 3.83. The van der Waals surface area contributed by atoms with Crippen molar-refractivity contribution in [3.05, 3.63) is 32.7 Å². The Bertz CT molecular complexity index is 485. The van der Waals surface area contributed by atoms with E-state index in [2.05, 4.69) is 37.2 Å². The molecule has 2 N–H and O–H groups in total. The van der Waals surface area contributed by atoms with Gasteiger partial charge in [-0.05, 0) is 47.0 Å². The Hall–Kier alpha value is -0.390. The number of nitrogens with one attached hydrogen (secondary N) is 1. The Morgan fingerprint density at radius 2 is 1.95 bits per heavy atom. The summed E-state index contributed by atoms with van der Waals surface area (Å²) in [5, 5.41) is 12.6. The number of carbonyl (C=O) groups excluding carboxylic acids is 1. The molecule has 0 saturated heterocycles. The first kappa shape index (κ1) is 16.0. The van der Waals surface area contributed by atoms with Crippen molar-refractivity contribution in [3.8, 4) is 0 Å². The summed E-state index contributed by atoms with van der Waals surface area (Å²) in [5.41, 5.74) is 0.493. The summed E-state index contributed by atoms with van der Waals surface area (Å²) in [5.74, 6) is -0.0947. The Morgan fingerprint density at radius 1 is 1.25 bits per heavy atom. The molecule has 0 radical (unpaired) electrons. The Balaban J connectivity index is 2.00. The summed E-state index contributed by atoms with van der Waals surface area (Å²) < 4.78 is 1.70. The number of aliphatic hydroxyl groups is 1. The molecule has 0 unspecified atom stereocenters. The third-order valence-electron chi connectivity index (χ3n) is 4.05. The van der Waals surface area contributed by atoms with Crippen LogP contribution in [0, 0.1) is 5.41 Å². The minimum atomic E-state index is -0.129. The predicted octanol–water partition coefficient (Wildman–Crippen LogP) is 3.88. The molecule has 1 fully saturated rings. The summed E-state index contributed by atoms with van der Waals surface area (Å²) >= 11 is 6.78. The van der Waals surface area contributed by atoms with Crippen molar-refractivity contribution in [1.29, 1.82) is 0 Å². The van der Waals surface area contributed by atoms with Crippen LogP contribution in [0.15, 0.2) is 27.1 Å². The number of aliphatic hydroxyl groups excluding tert-OH is 1. The van der Waals surface area contributed by atoms with Crippen molar-refractivity contribution in [2.45, 2.75) is 32.1 Å². The van der Waals surface area contributed by atoms with Crippen molar-refractivity contribution in [3.63, 3.8) is 0 Å². The lowest BCUT2D eigenvalue weighted by Gasteiger charge is -2.35. The monoisotopic (exact) mass is 403 g/mol. The molecule has 0 aliphatic heterocycles. The van der Waals surface area contributed by atoms with E-state index < -0.39 is 0 Å². The maximum atomic E-state index is 12.2. The summed E-state index contributed by atoms with van der Waals surface area (Å²) in [6.07, 6.45) is 5.49. The number of benzene rings is 1. The quantitative estimate of drug-likeness (QED) is 0.799. The number of rotatable bonds is 4. The van der Waals surface area contributed by atoms with Crippen LogP contribution in [0.25, 0.3) is 0 Å². The second-order valence-electron chi connectivity index (χ2n) is 5.53. The second-order valence-corrected chi connectivity index (χ2v) is 7.30. The topological polar surface area (TPSA) is 49.3 Å². The van der Waals surface area contributed by atoms with Crippen molar-refractivity contribution in [1.82, 2.24) is 5.32 Å². The number of amides is 1. The lowest BCUT2D eigenvalue weighted by molar-refractivity contribution is 0.0717. The van der Waals surface area contributed by atoms with Gasteiger partial charge in [-0.25, -0.2) is 0 Å². The van der Waals surface area contributed by atoms with E-state index in [9.17, 15) is 9.90 Å². The third-order valence-corrected chi connectivity index (χ3v) is 5.20. The molecular formula is C15H19Br2NO2. The molecule has 1 aliphatic carbocycles. The summed E-state index contributed by atoms with van der Waals surface area (Å²) in [4.78, 5) is 12.2. The molecule has 3 nitrogen and oxygen atoms in total. The zero-order chi connectivity index (χ0) is 14.6. The van der Waals surface area contributed by atoms with Gasteiger partial charge in [0.25, 0.3) is 5.91 Å². The van der Waals surface area contributed by atoms with Gasteiger partial charge in [0.1, 0.15) is 0 Å². The van der Waals surface area contributed by atoms with Crippen molar-refractivity contribution < 1.29 is 9.90 Å². The molecule has 0 aromatic heterocycles. The van der Waals surface area contributed by atoms with Gasteiger partial charge in [-0.3, -0.25) is 4.79 Å². The largest absolute Gasteiger partial charge is 0.396 e. The first-order valence-electron chi connectivity index (χ1n) is 6.90. The highest BCUT2D eigenvalue weighted by Gasteiger charge is 2.31. The van der Waals surface area contributed by atoms with E-state index in [-0.39, 0.29) is 17.9 Å². The molecule has 110 valence electrons. The van der Waals surface area contributed by atoms with E-state index in [0.29, 0.717) is 12.1 Å². The van der Waals surface area contributed by atoms with Crippen molar-refractivity contribution in [2.24, 2.45) is 5.41 Å². The molecule has 2 rings (SSSR count). The van der Waals surface area contributed by atoms with Gasteiger partial charge in [-0.1, -0.05) is 35.2 Å². The Morgan fingerprint density at radius 3 is 2.55 bits per heavy atom. The van der Waals surface area contributed by atoms with Crippen LogP contribution in [0.5, 0.6) is 0 Å². The molecule has 1 aromatic rings. The van der Waals surface area contributed by atoms with Gasteiger partial charge in [0.15, 0.2) is 0 Å². The van der Waals surface area contributed by atoms with E-state index in [1.807, 2.05) is 12.1 Å². The molecule has 1 saturated carbocycles. The fourth-order valence-electron chi connectivity index (χ4n) is 2.73. The van der Waals surface area contributed by atoms with E-state index in [4.69, 9.17) is 0 Å². The number of carbonyl (C=O) groups is 1. The van der Waals surface area contributed by atoms with Gasteiger partial charge in [0.05, 0.1) is 12.2 Å². The fraction of sp³-hybridized carbons (Fsp3) is 0.533. The Labute approximate surface area is 136 Å². The SMILES string of the molecule is O=C(NCC1(CO)CCCCC1)c1ccc(Br)cc1Br. The molecule has 20 heavy (non-hydrogen) atoms. The van der Waals surface area contributed by atoms with Crippen LogP contribution in [0.1, 0.15) is 42.5 Å². The molecule has 0 atom stereocenters. The summed E-state index contributed by atoms with van der Waals surface area (Å²) in [7, 11) is 0. The van der Waals surface area contributed by atoms with Crippen molar-refractivity contribution >= 4 is 37.8 Å².